The average molecular weight is 468 g/mol. The number of hydrogen-bond donors (Lipinski definition) is 2. The van der Waals surface area contributed by atoms with Gasteiger partial charge in [0, 0.05) is 25.0 Å². The molecular formula is C26H35N4O4+. The second kappa shape index (κ2) is 10.2. The van der Waals surface area contributed by atoms with Crippen molar-refractivity contribution in [3.05, 3.63) is 60.2 Å². The number of likely N-dealkylation sites (tertiary alicyclic amines) is 1. The molecule has 4 atom stereocenters. The number of aromatic nitrogens is 2. The van der Waals surface area contributed by atoms with E-state index in [0.29, 0.717) is 22.3 Å². The zero-order chi connectivity index (χ0) is 24.2. The highest BCUT2D eigenvalue weighted by Crippen LogP contribution is 2.41. The van der Waals surface area contributed by atoms with Crippen LogP contribution in [0.2, 0.25) is 0 Å². The quantitative estimate of drug-likeness (QED) is 0.456. The molecule has 2 fully saturated rings. The Morgan fingerprint density at radius 3 is 2.53 bits per heavy atom. The van der Waals surface area contributed by atoms with Crippen LogP contribution in [0.25, 0.3) is 0 Å². The maximum Gasteiger partial charge on any atom is 0.343 e. The van der Waals surface area contributed by atoms with E-state index in [9.17, 15) is 14.7 Å². The molecule has 0 radical (unpaired) electrons. The molecule has 0 spiro atoms. The van der Waals surface area contributed by atoms with Gasteiger partial charge in [0.15, 0.2) is 5.60 Å². The fourth-order valence-corrected chi connectivity index (χ4v) is 5.95. The summed E-state index contributed by atoms with van der Waals surface area (Å²) in [5, 5.41) is 11.8. The molecule has 1 saturated heterocycles. The first kappa shape index (κ1) is 24.3. The van der Waals surface area contributed by atoms with Gasteiger partial charge in [0.05, 0.1) is 13.6 Å². The Bertz CT molecular complexity index is 983. The van der Waals surface area contributed by atoms with Gasteiger partial charge in [0.25, 0.3) is 5.91 Å². The Morgan fingerprint density at radius 1 is 1.15 bits per heavy atom. The van der Waals surface area contributed by atoms with Crippen LogP contribution in [0.1, 0.15) is 62.2 Å². The van der Waals surface area contributed by atoms with Crippen molar-refractivity contribution in [1.82, 2.24) is 9.97 Å². The van der Waals surface area contributed by atoms with E-state index in [0.717, 1.165) is 44.9 Å². The van der Waals surface area contributed by atoms with E-state index in [4.69, 9.17) is 10.5 Å². The number of primary amides is 1. The van der Waals surface area contributed by atoms with Gasteiger partial charge in [-0.25, -0.2) is 14.8 Å². The minimum Gasteiger partial charge on any atom is -0.457 e. The Hall–Kier alpha value is -2.84. The van der Waals surface area contributed by atoms with Crippen LogP contribution in [0, 0.1) is 5.92 Å². The standard InChI is InChI=1S/C26H34N4O4/c1-30(23(24(27)31)22-14-15-28-18-29-22)16-8-13-21(30)17-34-25(32)26(33,19-9-4-2-5-10-19)20-11-6-3-7-12-20/h2,4-5,9-10,14-15,18,20-21,23,33H,3,6-8,11-13,16-17H2,1H3,(H-,27,31)/p+1/t21-,23?,26?,30?/m1/s1. The average Bonchev–Trinajstić information content (AvgIpc) is 3.24. The lowest BCUT2D eigenvalue weighted by Gasteiger charge is -2.41. The predicted octanol–water partition coefficient (Wildman–Crippen LogP) is 2.62. The van der Waals surface area contributed by atoms with Crippen LogP contribution in [-0.4, -0.2) is 57.7 Å². The molecule has 8 heteroatoms. The number of benzene rings is 1. The zero-order valence-corrected chi connectivity index (χ0v) is 19.8. The van der Waals surface area contributed by atoms with Crippen molar-refractivity contribution in [3.8, 4) is 0 Å². The third-order valence-electron chi connectivity index (χ3n) is 7.88. The van der Waals surface area contributed by atoms with Gasteiger partial charge in [-0.1, -0.05) is 49.6 Å². The van der Waals surface area contributed by atoms with E-state index in [1.807, 2.05) is 25.2 Å². The molecule has 1 saturated carbocycles. The van der Waals surface area contributed by atoms with Crippen molar-refractivity contribution >= 4 is 11.9 Å². The number of carbonyl (C=O) groups excluding carboxylic acids is 2. The Kier molecular flexibility index (Phi) is 7.28. The van der Waals surface area contributed by atoms with E-state index in [1.165, 1.54) is 6.33 Å². The van der Waals surface area contributed by atoms with Gasteiger partial charge in [-0.2, -0.15) is 0 Å². The van der Waals surface area contributed by atoms with Gasteiger partial charge in [-0.15, -0.1) is 0 Å². The number of ether oxygens (including phenoxy) is 1. The number of likely N-dealkylation sites (N-methyl/N-ethyl adjacent to an activating group) is 1. The highest BCUT2D eigenvalue weighted by Gasteiger charge is 2.51. The van der Waals surface area contributed by atoms with Crippen molar-refractivity contribution in [1.29, 1.82) is 0 Å². The second-order valence-corrected chi connectivity index (χ2v) is 9.87. The lowest BCUT2D eigenvalue weighted by molar-refractivity contribution is -0.941. The minimum absolute atomic E-state index is 0.103. The van der Waals surface area contributed by atoms with Crippen LogP contribution in [0.4, 0.5) is 0 Å². The molecule has 2 heterocycles. The van der Waals surface area contributed by atoms with E-state index in [1.54, 1.807) is 24.4 Å². The topological polar surface area (TPSA) is 115 Å². The normalized spacial score (nSPS) is 25.9. The lowest BCUT2D eigenvalue weighted by Crippen LogP contribution is -2.57. The van der Waals surface area contributed by atoms with Gasteiger partial charge in [-0.05, 0) is 24.5 Å². The minimum atomic E-state index is -1.68. The van der Waals surface area contributed by atoms with Crippen molar-refractivity contribution in [2.75, 3.05) is 20.2 Å². The molecule has 1 aromatic carbocycles. The van der Waals surface area contributed by atoms with Gasteiger partial charge in [0.2, 0.25) is 6.04 Å². The number of esters is 1. The molecule has 8 nitrogen and oxygen atoms in total. The number of carbonyl (C=O) groups is 2. The number of aliphatic hydroxyl groups is 1. The lowest BCUT2D eigenvalue weighted by atomic mass is 9.73. The number of amides is 1. The van der Waals surface area contributed by atoms with Crippen molar-refractivity contribution in [2.45, 2.75) is 62.6 Å². The smallest absolute Gasteiger partial charge is 0.343 e. The fraction of sp³-hybridized carbons (Fsp3) is 0.538. The third-order valence-corrected chi connectivity index (χ3v) is 7.88. The SMILES string of the molecule is C[N+]1(C(C(N)=O)c2ccncn2)CCC[C@@H]1COC(=O)C(O)(c1ccccc1)C1CCCCC1. The number of hydrogen-bond acceptors (Lipinski definition) is 6. The second-order valence-electron chi connectivity index (χ2n) is 9.87. The first-order valence-corrected chi connectivity index (χ1v) is 12.2. The van der Waals surface area contributed by atoms with Gasteiger partial charge < -0.3 is 20.1 Å². The van der Waals surface area contributed by atoms with Crippen molar-refractivity contribution in [3.63, 3.8) is 0 Å². The first-order chi connectivity index (χ1) is 16.4. The molecular weight excluding hydrogens is 432 g/mol. The molecule has 1 aliphatic heterocycles. The maximum absolute atomic E-state index is 13.5. The molecule has 3 N–H and O–H groups in total. The summed E-state index contributed by atoms with van der Waals surface area (Å²) in [6.45, 7) is 0.817. The van der Waals surface area contributed by atoms with E-state index >= 15 is 0 Å². The van der Waals surface area contributed by atoms with Gasteiger partial charge in [0.1, 0.15) is 24.7 Å². The molecule has 34 heavy (non-hydrogen) atoms. The van der Waals surface area contributed by atoms with Crippen LogP contribution in [0.3, 0.4) is 0 Å². The summed E-state index contributed by atoms with van der Waals surface area (Å²) in [5.41, 5.74) is 5.29. The Labute approximate surface area is 200 Å². The van der Waals surface area contributed by atoms with E-state index in [2.05, 4.69) is 9.97 Å². The van der Waals surface area contributed by atoms with E-state index in [-0.39, 0.29) is 18.6 Å². The van der Waals surface area contributed by atoms with Crippen LogP contribution in [-0.2, 0) is 19.9 Å². The number of rotatable bonds is 8. The summed E-state index contributed by atoms with van der Waals surface area (Å²) in [7, 11) is 1.97. The van der Waals surface area contributed by atoms with Crippen LogP contribution in [0.5, 0.6) is 0 Å². The largest absolute Gasteiger partial charge is 0.457 e. The summed E-state index contributed by atoms with van der Waals surface area (Å²) in [5.74, 6) is -1.26. The Balaban J connectivity index is 1.56. The third kappa shape index (κ3) is 4.57. The monoisotopic (exact) mass is 467 g/mol. The van der Waals surface area contributed by atoms with Crippen LogP contribution < -0.4 is 5.73 Å². The molecule has 1 aliphatic carbocycles. The fourth-order valence-electron chi connectivity index (χ4n) is 5.95. The summed E-state index contributed by atoms with van der Waals surface area (Å²) < 4.78 is 6.18. The molecule has 182 valence electrons. The molecule has 4 rings (SSSR count). The maximum atomic E-state index is 13.5. The number of quaternary nitrogens is 1. The van der Waals surface area contributed by atoms with Crippen LogP contribution in [0.15, 0.2) is 48.9 Å². The van der Waals surface area contributed by atoms with E-state index < -0.39 is 23.5 Å². The van der Waals surface area contributed by atoms with Crippen LogP contribution >= 0.6 is 0 Å². The zero-order valence-electron chi connectivity index (χ0n) is 19.8. The molecule has 2 aliphatic rings. The highest BCUT2D eigenvalue weighted by molar-refractivity contribution is 5.82. The molecule has 0 bridgehead atoms. The molecule has 3 unspecified atom stereocenters. The number of nitrogens with two attached hydrogens (primary N) is 1. The van der Waals surface area contributed by atoms with Crippen molar-refractivity contribution < 1.29 is 23.9 Å². The van der Waals surface area contributed by atoms with Crippen molar-refractivity contribution in [2.24, 2.45) is 11.7 Å². The predicted molar refractivity (Wildman–Crippen MR) is 126 cm³/mol. The van der Waals surface area contributed by atoms with Gasteiger partial charge >= 0.3 is 5.97 Å². The molecule has 1 amide bonds. The summed E-state index contributed by atoms with van der Waals surface area (Å²) >= 11 is 0. The number of nitrogens with zero attached hydrogens (tertiary/aromatic N) is 3. The molecule has 2 aromatic rings. The summed E-state index contributed by atoms with van der Waals surface area (Å²) in [6.07, 6.45) is 9.33. The highest BCUT2D eigenvalue weighted by atomic mass is 16.6. The molecule has 1 aromatic heterocycles. The summed E-state index contributed by atoms with van der Waals surface area (Å²) in [4.78, 5) is 34.3. The van der Waals surface area contributed by atoms with Gasteiger partial charge in [-0.3, -0.25) is 4.79 Å². The summed E-state index contributed by atoms with van der Waals surface area (Å²) in [6, 6.07) is 10.0. The Morgan fingerprint density at radius 2 is 1.88 bits per heavy atom. The first-order valence-electron chi connectivity index (χ1n) is 12.2.